The lowest BCUT2D eigenvalue weighted by Gasteiger charge is -2.13. The third kappa shape index (κ3) is 3.33. The van der Waals surface area contributed by atoms with E-state index in [1.54, 1.807) is 12.1 Å². The molecule has 8 heteroatoms. The van der Waals surface area contributed by atoms with Crippen molar-refractivity contribution in [2.45, 2.75) is 19.5 Å². The van der Waals surface area contributed by atoms with Crippen molar-refractivity contribution in [3.05, 3.63) is 40.8 Å². The highest BCUT2D eigenvalue weighted by Crippen LogP contribution is 2.36. The number of alkyl halides is 2. The van der Waals surface area contributed by atoms with Crippen LogP contribution in [0.2, 0.25) is 0 Å². The van der Waals surface area contributed by atoms with Gasteiger partial charge in [0, 0.05) is 11.6 Å². The number of benzene rings is 1. The SMILES string of the molecule is O=c1[nH]ncc2[nH]c(-c3ccc(OC(F)F)cc3OCC3CC3)cc12. The summed E-state index contributed by atoms with van der Waals surface area (Å²) >= 11 is 0. The summed E-state index contributed by atoms with van der Waals surface area (Å²) in [5, 5.41) is 6.59. The minimum atomic E-state index is -2.90. The third-order valence-corrected chi connectivity index (χ3v) is 4.09. The van der Waals surface area contributed by atoms with E-state index in [4.69, 9.17) is 4.74 Å². The van der Waals surface area contributed by atoms with Gasteiger partial charge in [-0.2, -0.15) is 13.9 Å². The second-order valence-electron chi connectivity index (χ2n) is 6.00. The Hall–Kier alpha value is -2.90. The van der Waals surface area contributed by atoms with E-state index in [9.17, 15) is 13.6 Å². The molecule has 0 unspecified atom stereocenters. The molecule has 0 saturated heterocycles. The van der Waals surface area contributed by atoms with E-state index < -0.39 is 6.61 Å². The molecule has 3 aromatic rings. The van der Waals surface area contributed by atoms with Crippen LogP contribution in [0.5, 0.6) is 11.5 Å². The summed E-state index contributed by atoms with van der Waals surface area (Å²) in [6.45, 7) is -2.38. The van der Waals surface area contributed by atoms with Gasteiger partial charge in [-0.15, -0.1) is 0 Å². The molecule has 6 nitrogen and oxygen atoms in total. The number of rotatable bonds is 6. The fourth-order valence-electron chi connectivity index (χ4n) is 2.63. The summed E-state index contributed by atoms with van der Waals surface area (Å²) < 4.78 is 35.2. The van der Waals surface area contributed by atoms with Crippen LogP contribution in [0.3, 0.4) is 0 Å². The number of aromatic amines is 2. The standard InChI is InChI=1S/C17H15F2N3O3/c18-17(19)25-10-3-4-11(15(5-10)24-8-9-1-2-9)13-6-12-14(21-13)7-20-22-16(12)23/h3-7,9,17,21H,1-2,8H2,(H,22,23). The summed E-state index contributed by atoms with van der Waals surface area (Å²) in [5.41, 5.74) is 1.58. The van der Waals surface area contributed by atoms with Gasteiger partial charge in [0.2, 0.25) is 0 Å². The van der Waals surface area contributed by atoms with Gasteiger partial charge in [-0.05, 0) is 37.0 Å². The number of ether oxygens (including phenoxy) is 2. The molecule has 2 heterocycles. The van der Waals surface area contributed by atoms with Crippen molar-refractivity contribution in [1.29, 1.82) is 0 Å². The van der Waals surface area contributed by atoms with Gasteiger partial charge in [0.1, 0.15) is 11.5 Å². The van der Waals surface area contributed by atoms with Crippen molar-refractivity contribution < 1.29 is 18.3 Å². The van der Waals surface area contributed by atoms with Gasteiger partial charge < -0.3 is 14.5 Å². The predicted octanol–water partition coefficient (Wildman–Crippen LogP) is 3.31. The van der Waals surface area contributed by atoms with Crippen molar-refractivity contribution >= 4 is 10.9 Å². The Morgan fingerprint density at radius 1 is 1.28 bits per heavy atom. The molecule has 0 radical (unpaired) electrons. The van der Waals surface area contributed by atoms with Crippen molar-refractivity contribution in [1.82, 2.24) is 15.2 Å². The van der Waals surface area contributed by atoms with Gasteiger partial charge >= 0.3 is 6.61 Å². The first kappa shape index (κ1) is 15.6. The molecule has 1 saturated carbocycles. The first-order valence-electron chi connectivity index (χ1n) is 7.88. The van der Waals surface area contributed by atoms with Crippen molar-refractivity contribution in [3.8, 4) is 22.8 Å². The summed E-state index contributed by atoms with van der Waals surface area (Å²) in [6.07, 6.45) is 3.73. The minimum Gasteiger partial charge on any atom is -0.492 e. The maximum atomic E-state index is 12.5. The van der Waals surface area contributed by atoms with Crippen LogP contribution in [0.1, 0.15) is 12.8 Å². The summed E-state index contributed by atoms with van der Waals surface area (Å²) in [6, 6.07) is 6.20. The summed E-state index contributed by atoms with van der Waals surface area (Å²) in [7, 11) is 0. The minimum absolute atomic E-state index is 0.0279. The average Bonchev–Trinajstić information content (AvgIpc) is 3.30. The molecule has 1 aliphatic rings. The van der Waals surface area contributed by atoms with Crippen molar-refractivity contribution in [3.63, 3.8) is 0 Å². The molecule has 1 fully saturated rings. The Labute approximate surface area is 140 Å². The van der Waals surface area contributed by atoms with E-state index in [-0.39, 0.29) is 11.3 Å². The smallest absolute Gasteiger partial charge is 0.387 e. The Bertz CT molecular complexity index is 963. The monoisotopic (exact) mass is 347 g/mol. The molecule has 0 bridgehead atoms. The maximum Gasteiger partial charge on any atom is 0.387 e. The van der Waals surface area contributed by atoms with Crippen molar-refractivity contribution in [2.75, 3.05) is 6.61 Å². The van der Waals surface area contributed by atoms with Gasteiger partial charge in [-0.3, -0.25) is 4.79 Å². The number of aromatic nitrogens is 3. The molecule has 1 aliphatic carbocycles. The largest absolute Gasteiger partial charge is 0.492 e. The zero-order valence-corrected chi connectivity index (χ0v) is 13.1. The summed E-state index contributed by atoms with van der Waals surface area (Å²) in [5.74, 6) is 0.962. The number of H-pyrrole nitrogens is 2. The first-order chi connectivity index (χ1) is 12.1. The molecule has 25 heavy (non-hydrogen) atoms. The van der Waals surface area contributed by atoms with Crippen LogP contribution in [0, 0.1) is 5.92 Å². The second-order valence-corrected chi connectivity index (χ2v) is 6.00. The fourth-order valence-corrected chi connectivity index (χ4v) is 2.63. The highest BCUT2D eigenvalue weighted by atomic mass is 19.3. The van der Waals surface area contributed by atoms with Crippen LogP contribution in [0.4, 0.5) is 8.78 Å². The van der Waals surface area contributed by atoms with E-state index in [1.807, 2.05) is 0 Å². The topological polar surface area (TPSA) is 80.0 Å². The number of hydrogen-bond acceptors (Lipinski definition) is 4. The van der Waals surface area contributed by atoms with Crippen LogP contribution in [0.25, 0.3) is 22.2 Å². The highest BCUT2D eigenvalue weighted by molar-refractivity contribution is 5.85. The molecule has 2 aromatic heterocycles. The van der Waals surface area contributed by atoms with E-state index in [0.717, 1.165) is 12.8 Å². The average molecular weight is 347 g/mol. The third-order valence-electron chi connectivity index (χ3n) is 4.09. The quantitative estimate of drug-likeness (QED) is 0.717. The molecular formula is C17H15F2N3O3. The Balaban J connectivity index is 1.74. The van der Waals surface area contributed by atoms with Crippen LogP contribution >= 0.6 is 0 Å². The molecule has 2 N–H and O–H groups in total. The summed E-state index contributed by atoms with van der Waals surface area (Å²) in [4.78, 5) is 14.9. The van der Waals surface area contributed by atoms with E-state index in [0.29, 0.717) is 40.4 Å². The lowest BCUT2D eigenvalue weighted by atomic mass is 10.1. The normalized spacial score (nSPS) is 14.2. The molecule has 0 atom stereocenters. The van der Waals surface area contributed by atoms with Crippen LogP contribution < -0.4 is 15.0 Å². The Morgan fingerprint density at radius 3 is 2.84 bits per heavy atom. The Morgan fingerprint density at radius 2 is 2.12 bits per heavy atom. The van der Waals surface area contributed by atoms with Gasteiger partial charge in [0.25, 0.3) is 5.56 Å². The van der Waals surface area contributed by atoms with E-state index >= 15 is 0 Å². The molecular weight excluding hydrogens is 332 g/mol. The molecule has 0 amide bonds. The lowest BCUT2D eigenvalue weighted by Crippen LogP contribution is -2.05. The number of hydrogen-bond donors (Lipinski definition) is 2. The molecule has 0 aliphatic heterocycles. The number of nitrogens with zero attached hydrogens (tertiary/aromatic N) is 1. The van der Waals surface area contributed by atoms with Gasteiger partial charge in [0.05, 0.1) is 29.4 Å². The van der Waals surface area contributed by atoms with Crippen LogP contribution in [0.15, 0.2) is 35.3 Å². The number of halogens is 2. The van der Waals surface area contributed by atoms with Crippen molar-refractivity contribution in [2.24, 2.45) is 5.92 Å². The maximum absolute atomic E-state index is 12.5. The van der Waals surface area contributed by atoms with Crippen LogP contribution in [-0.2, 0) is 0 Å². The van der Waals surface area contributed by atoms with Gasteiger partial charge in [-0.25, -0.2) is 5.10 Å². The lowest BCUT2D eigenvalue weighted by molar-refractivity contribution is -0.0499. The molecule has 0 spiro atoms. The second kappa shape index (κ2) is 6.19. The zero-order chi connectivity index (χ0) is 17.4. The number of nitrogens with one attached hydrogen (secondary N) is 2. The Kier molecular flexibility index (Phi) is 3.87. The van der Waals surface area contributed by atoms with Gasteiger partial charge in [-0.1, -0.05) is 0 Å². The van der Waals surface area contributed by atoms with Gasteiger partial charge in [0.15, 0.2) is 0 Å². The first-order valence-corrected chi connectivity index (χ1v) is 7.88. The molecule has 130 valence electrons. The molecule has 4 rings (SSSR count). The number of fused-ring (bicyclic) bond motifs is 1. The van der Waals surface area contributed by atoms with Crippen LogP contribution in [-0.4, -0.2) is 28.4 Å². The highest BCUT2D eigenvalue weighted by Gasteiger charge is 2.23. The van der Waals surface area contributed by atoms with E-state index in [1.165, 1.54) is 18.3 Å². The predicted molar refractivity (Wildman–Crippen MR) is 87.0 cm³/mol. The zero-order valence-electron chi connectivity index (χ0n) is 13.1. The fraction of sp³-hybridized carbons (Fsp3) is 0.294. The molecule has 1 aromatic carbocycles. The van der Waals surface area contributed by atoms with E-state index in [2.05, 4.69) is 19.9 Å².